The molecular formula is C17H22N6O4. The van der Waals surface area contributed by atoms with Crippen molar-refractivity contribution >= 4 is 23.6 Å². The molecule has 0 amide bonds. The molecule has 4 rings (SSSR count). The summed E-state index contributed by atoms with van der Waals surface area (Å²) in [5.41, 5.74) is 13.2. The number of aliphatic hydroxyl groups excluding tert-OH is 3. The van der Waals surface area contributed by atoms with Crippen LogP contribution in [-0.4, -0.2) is 81.6 Å². The summed E-state index contributed by atoms with van der Waals surface area (Å²) in [7, 11) is 0. The number of hydrogen-bond acceptors (Lipinski definition) is 10. The van der Waals surface area contributed by atoms with Crippen molar-refractivity contribution in [2.75, 3.05) is 19.0 Å². The van der Waals surface area contributed by atoms with Crippen molar-refractivity contribution in [1.82, 2.24) is 4.90 Å². The van der Waals surface area contributed by atoms with Crippen LogP contribution < -0.4 is 11.5 Å². The number of aliphatic imine (C=N–C) groups is 3. The van der Waals surface area contributed by atoms with Crippen molar-refractivity contribution in [2.45, 2.75) is 36.6 Å². The van der Waals surface area contributed by atoms with Gasteiger partial charge in [-0.15, -0.1) is 0 Å². The molecule has 3 aliphatic rings. The minimum atomic E-state index is -1.21. The zero-order valence-electron chi connectivity index (χ0n) is 14.5. The van der Waals surface area contributed by atoms with Gasteiger partial charge in [0.05, 0.1) is 6.61 Å². The molecule has 1 fully saturated rings. The fourth-order valence-electron chi connectivity index (χ4n) is 3.55. The molecule has 0 bridgehead atoms. The highest BCUT2D eigenvalue weighted by Crippen LogP contribution is 2.30. The van der Waals surface area contributed by atoms with E-state index in [-0.39, 0.29) is 6.67 Å². The predicted octanol–water partition coefficient (Wildman–Crippen LogP) is -1.94. The highest BCUT2D eigenvalue weighted by molar-refractivity contribution is 6.47. The molecule has 3 heterocycles. The van der Waals surface area contributed by atoms with E-state index < -0.39 is 36.8 Å². The molecule has 10 heteroatoms. The Morgan fingerprint density at radius 3 is 2.63 bits per heavy atom. The van der Waals surface area contributed by atoms with Gasteiger partial charge in [-0.3, -0.25) is 4.99 Å². The summed E-state index contributed by atoms with van der Waals surface area (Å²) < 4.78 is 5.59. The average Bonchev–Trinajstić information content (AvgIpc) is 3.20. The number of benzene rings is 1. The largest absolute Gasteiger partial charge is 0.399 e. The number of amidine groups is 1. The normalized spacial score (nSPS) is 35.2. The van der Waals surface area contributed by atoms with Gasteiger partial charge in [-0.2, -0.15) is 0 Å². The maximum Gasteiger partial charge on any atom is 0.162 e. The van der Waals surface area contributed by atoms with Gasteiger partial charge in [0.1, 0.15) is 37.0 Å². The second-order valence-electron chi connectivity index (χ2n) is 6.89. The Balaban J connectivity index is 1.56. The predicted molar refractivity (Wildman–Crippen MR) is 99.3 cm³/mol. The van der Waals surface area contributed by atoms with Crippen molar-refractivity contribution in [2.24, 2.45) is 20.7 Å². The monoisotopic (exact) mass is 374 g/mol. The number of hydrogen-bond donors (Lipinski definition) is 5. The second-order valence-corrected chi connectivity index (χ2v) is 6.89. The number of ether oxygens (including phenoxy) is 1. The van der Waals surface area contributed by atoms with Crippen LogP contribution >= 0.6 is 0 Å². The topological polar surface area (TPSA) is 162 Å². The first kappa shape index (κ1) is 18.0. The number of anilines is 1. The zero-order chi connectivity index (χ0) is 19.2. The lowest BCUT2D eigenvalue weighted by molar-refractivity contribution is -0.0688. The van der Waals surface area contributed by atoms with Crippen molar-refractivity contribution in [3.63, 3.8) is 0 Å². The third-order valence-electron chi connectivity index (χ3n) is 5.02. The van der Waals surface area contributed by atoms with Gasteiger partial charge in [-0.1, -0.05) is 12.1 Å². The van der Waals surface area contributed by atoms with E-state index >= 15 is 0 Å². The van der Waals surface area contributed by atoms with E-state index in [1.807, 2.05) is 12.1 Å². The average molecular weight is 374 g/mol. The van der Waals surface area contributed by atoms with Gasteiger partial charge in [0, 0.05) is 12.1 Å². The van der Waals surface area contributed by atoms with Crippen LogP contribution in [0.5, 0.6) is 0 Å². The Kier molecular flexibility index (Phi) is 4.44. The first-order chi connectivity index (χ1) is 12.9. The lowest BCUT2D eigenvalue weighted by Crippen LogP contribution is -2.56. The highest BCUT2D eigenvalue weighted by atomic mass is 16.6. The lowest BCUT2D eigenvalue weighted by atomic mass is 9.94. The number of aliphatic hydroxyl groups is 3. The summed E-state index contributed by atoms with van der Waals surface area (Å²) in [6.45, 7) is -0.243. The molecule has 0 saturated carbocycles. The molecule has 144 valence electrons. The minimum Gasteiger partial charge on any atom is -0.399 e. The highest BCUT2D eigenvalue weighted by Gasteiger charge is 2.50. The van der Waals surface area contributed by atoms with E-state index in [1.54, 1.807) is 17.0 Å². The summed E-state index contributed by atoms with van der Waals surface area (Å²) in [5.74, 6) is 0.442. The van der Waals surface area contributed by atoms with Crippen molar-refractivity contribution in [3.05, 3.63) is 29.8 Å². The van der Waals surface area contributed by atoms with Gasteiger partial charge >= 0.3 is 0 Å². The first-order valence-electron chi connectivity index (χ1n) is 8.62. The summed E-state index contributed by atoms with van der Waals surface area (Å²) >= 11 is 0. The quantitative estimate of drug-likeness (QED) is 0.383. The van der Waals surface area contributed by atoms with E-state index in [9.17, 15) is 15.3 Å². The molecule has 10 nitrogen and oxygen atoms in total. The maximum absolute atomic E-state index is 10.3. The Labute approximate surface area is 155 Å². The first-order valence-corrected chi connectivity index (χ1v) is 8.62. The third-order valence-corrected chi connectivity index (χ3v) is 5.02. The van der Waals surface area contributed by atoms with Crippen LogP contribution in [0.25, 0.3) is 0 Å². The fourth-order valence-corrected chi connectivity index (χ4v) is 3.55. The van der Waals surface area contributed by atoms with Crippen LogP contribution in [0.2, 0.25) is 0 Å². The molecule has 0 aromatic heterocycles. The molecule has 1 saturated heterocycles. The Morgan fingerprint density at radius 1 is 1.22 bits per heavy atom. The smallest absolute Gasteiger partial charge is 0.162 e. The number of fused-ring (bicyclic) bond motifs is 1. The Morgan fingerprint density at radius 2 is 1.96 bits per heavy atom. The van der Waals surface area contributed by atoms with Gasteiger partial charge in [-0.25, -0.2) is 9.98 Å². The summed E-state index contributed by atoms with van der Waals surface area (Å²) in [4.78, 5) is 14.7. The Bertz CT molecular complexity index is 810. The van der Waals surface area contributed by atoms with E-state index in [1.165, 1.54) is 6.34 Å². The van der Waals surface area contributed by atoms with Gasteiger partial charge in [0.15, 0.2) is 17.7 Å². The van der Waals surface area contributed by atoms with E-state index in [4.69, 9.17) is 16.2 Å². The molecule has 1 aromatic carbocycles. The van der Waals surface area contributed by atoms with E-state index in [2.05, 4.69) is 15.0 Å². The fraction of sp³-hybridized carbons (Fsp3) is 0.471. The molecule has 1 aromatic rings. The van der Waals surface area contributed by atoms with Crippen molar-refractivity contribution < 1.29 is 20.1 Å². The molecule has 0 aliphatic carbocycles. The number of rotatable bonds is 4. The van der Waals surface area contributed by atoms with Gasteiger partial charge in [0.2, 0.25) is 0 Å². The minimum absolute atomic E-state index is 0.158. The molecule has 5 atom stereocenters. The van der Waals surface area contributed by atoms with Gasteiger partial charge in [-0.05, 0) is 17.7 Å². The van der Waals surface area contributed by atoms with Gasteiger partial charge in [0.25, 0.3) is 0 Å². The molecule has 3 aliphatic heterocycles. The van der Waals surface area contributed by atoms with E-state index in [0.29, 0.717) is 23.7 Å². The standard InChI is InChI=1S/C17H22N6O4/c18-10-3-1-9(2-4-10)5-17(19)14-15(20-7-22-17)23(8-21-14)16-13(26)12(25)11(6-24)27-16/h1-4,7,11-13,16,24-26H,5-6,8,18-19H2/t11-,12-,13-,16-,17?/m1/s1. The van der Waals surface area contributed by atoms with Crippen LogP contribution in [0, 0.1) is 0 Å². The van der Waals surface area contributed by atoms with Crippen molar-refractivity contribution in [1.29, 1.82) is 0 Å². The van der Waals surface area contributed by atoms with Crippen LogP contribution in [0.1, 0.15) is 5.56 Å². The summed E-state index contributed by atoms with van der Waals surface area (Å²) in [6, 6.07) is 7.35. The number of nitrogens with two attached hydrogens (primary N) is 2. The summed E-state index contributed by atoms with van der Waals surface area (Å²) in [5, 5.41) is 29.6. The number of nitrogen functional groups attached to an aromatic ring is 1. The third kappa shape index (κ3) is 3.01. The number of nitrogens with zero attached hydrogens (tertiary/aromatic N) is 4. The molecule has 7 N–H and O–H groups in total. The molecular weight excluding hydrogens is 352 g/mol. The zero-order valence-corrected chi connectivity index (χ0v) is 14.5. The Hall–Kier alpha value is -2.37. The molecule has 0 spiro atoms. The summed E-state index contributed by atoms with van der Waals surface area (Å²) in [6.07, 6.45) is -2.40. The second kappa shape index (κ2) is 6.66. The van der Waals surface area contributed by atoms with Crippen LogP contribution in [0.3, 0.4) is 0 Å². The van der Waals surface area contributed by atoms with Gasteiger partial charge < -0.3 is 36.4 Å². The van der Waals surface area contributed by atoms with Crippen LogP contribution in [0.15, 0.2) is 39.2 Å². The SMILES string of the molecule is Nc1ccc(CC2(N)N=CN=C3C2=NCN3[C@@H]2O[C@H](CO)[C@@H](O)[C@H]2O)cc1. The molecule has 1 unspecified atom stereocenters. The molecule has 27 heavy (non-hydrogen) atoms. The maximum atomic E-state index is 10.3. The van der Waals surface area contributed by atoms with Crippen molar-refractivity contribution in [3.8, 4) is 0 Å². The van der Waals surface area contributed by atoms with Crippen LogP contribution in [-0.2, 0) is 11.2 Å². The molecule has 0 radical (unpaired) electrons. The lowest BCUT2D eigenvalue weighted by Gasteiger charge is -2.32. The van der Waals surface area contributed by atoms with E-state index in [0.717, 1.165) is 5.56 Å². The van der Waals surface area contributed by atoms with Crippen LogP contribution in [0.4, 0.5) is 5.69 Å².